The van der Waals surface area contributed by atoms with E-state index < -0.39 is 0 Å². The molecular weight excluding hydrogens is 286 g/mol. The highest BCUT2D eigenvalue weighted by atomic mass is 35.5. The van der Waals surface area contributed by atoms with Crippen molar-refractivity contribution in [1.82, 2.24) is 0 Å². The Kier molecular flexibility index (Phi) is 4.97. The van der Waals surface area contributed by atoms with E-state index in [0.717, 1.165) is 11.3 Å². The number of hydrogen-bond acceptors (Lipinski definition) is 3. The summed E-state index contributed by atoms with van der Waals surface area (Å²) in [6, 6.07) is 9.36. The second kappa shape index (κ2) is 6.72. The van der Waals surface area contributed by atoms with Gasteiger partial charge in [-0.2, -0.15) is 0 Å². The summed E-state index contributed by atoms with van der Waals surface area (Å²) in [5, 5.41) is 0.599. The number of nitrogen functional groups attached to an aromatic ring is 1. The Bertz CT molecular complexity index is 641. The van der Waals surface area contributed by atoms with Crippen molar-refractivity contribution in [2.24, 2.45) is 0 Å². The molecule has 0 saturated carbocycles. The number of halogens is 1. The van der Waals surface area contributed by atoms with E-state index in [9.17, 15) is 0 Å². The van der Waals surface area contributed by atoms with Gasteiger partial charge in [0.2, 0.25) is 0 Å². The molecule has 0 aromatic heterocycles. The molecule has 0 heterocycles. The average molecular weight is 306 g/mol. The first-order chi connectivity index (χ1) is 9.99. The quantitative estimate of drug-likeness (QED) is 0.661. The summed E-state index contributed by atoms with van der Waals surface area (Å²) in [4.78, 5) is 0. The van der Waals surface area contributed by atoms with Crippen LogP contribution in [0.15, 0.2) is 30.3 Å². The number of ether oxygens (including phenoxy) is 2. The van der Waals surface area contributed by atoms with Crippen LogP contribution in [0.4, 0.5) is 5.69 Å². The van der Waals surface area contributed by atoms with Crippen molar-refractivity contribution in [2.75, 3.05) is 18.9 Å². The molecule has 112 valence electrons. The minimum absolute atomic E-state index is 0.429. The maximum Gasteiger partial charge on any atom is 0.142 e. The fourth-order valence-corrected chi connectivity index (χ4v) is 2.27. The largest absolute Gasteiger partial charge is 0.489 e. The van der Waals surface area contributed by atoms with Gasteiger partial charge >= 0.3 is 0 Å². The van der Waals surface area contributed by atoms with Crippen LogP contribution in [0.3, 0.4) is 0 Å². The molecule has 0 saturated heterocycles. The lowest BCUT2D eigenvalue weighted by Crippen LogP contribution is -2.11. The summed E-state index contributed by atoms with van der Waals surface area (Å²) >= 11 is 5.85. The van der Waals surface area contributed by atoms with Crippen LogP contribution in [-0.4, -0.2) is 13.2 Å². The second-order valence-electron chi connectivity index (χ2n) is 5.03. The normalized spacial score (nSPS) is 10.5. The van der Waals surface area contributed by atoms with E-state index in [1.165, 1.54) is 11.1 Å². The summed E-state index contributed by atoms with van der Waals surface area (Å²) in [6.07, 6.45) is 0. The van der Waals surface area contributed by atoms with Gasteiger partial charge in [0, 0.05) is 5.02 Å². The van der Waals surface area contributed by atoms with Crippen LogP contribution in [0.5, 0.6) is 11.5 Å². The third-order valence-electron chi connectivity index (χ3n) is 3.43. The van der Waals surface area contributed by atoms with Crippen molar-refractivity contribution in [3.63, 3.8) is 0 Å². The summed E-state index contributed by atoms with van der Waals surface area (Å²) < 4.78 is 11.5. The van der Waals surface area contributed by atoms with Crippen LogP contribution in [0.2, 0.25) is 5.02 Å². The molecule has 2 rings (SSSR count). The molecule has 2 aromatic carbocycles. The summed E-state index contributed by atoms with van der Waals surface area (Å²) in [5.41, 5.74) is 9.88. The number of anilines is 1. The first-order valence-corrected chi connectivity index (χ1v) is 7.24. The second-order valence-corrected chi connectivity index (χ2v) is 5.47. The summed E-state index contributed by atoms with van der Waals surface area (Å²) in [5.74, 6) is 1.56. The molecule has 2 N–H and O–H groups in total. The lowest BCUT2D eigenvalue weighted by atomic mass is 10.1. The minimum atomic E-state index is 0.429. The van der Waals surface area contributed by atoms with Crippen molar-refractivity contribution in [3.8, 4) is 11.5 Å². The van der Waals surface area contributed by atoms with E-state index in [1.54, 1.807) is 18.2 Å². The van der Waals surface area contributed by atoms with E-state index in [-0.39, 0.29) is 0 Å². The topological polar surface area (TPSA) is 44.5 Å². The highest BCUT2D eigenvalue weighted by Crippen LogP contribution is 2.26. The highest BCUT2D eigenvalue weighted by Gasteiger charge is 2.07. The zero-order chi connectivity index (χ0) is 15.4. The third-order valence-corrected chi connectivity index (χ3v) is 3.67. The fourth-order valence-electron chi connectivity index (χ4n) is 2.09. The van der Waals surface area contributed by atoms with Crippen LogP contribution in [0.1, 0.15) is 16.7 Å². The molecule has 0 aliphatic rings. The molecule has 0 unspecified atom stereocenters. The van der Waals surface area contributed by atoms with Crippen LogP contribution in [0.25, 0.3) is 0 Å². The zero-order valence-electron chi connectivity index (χ0n) is 12.6. The molecule has 0 spiro atoms. The first-order valence-electron chi connectivity index (χ1n) is 6.86. The predicted octanol–water partition coefficient (Wildman–Crippen LogP) is 4.31. The standard InChI is InChI=1S/C17H20ClNO2/c1-11-4-5-12(2)17(13(11)3)21-9-8-20-16-7-6-14(18)10-15(16)19/h4-7,10H,8-9,19H2,1-3H3. The van der Waals surface area contributed by atoms with E-state index in [2.05, 4.69) is 26.0 Å². The number of hydrogen-bond donors (Lipinski definition) is 1. The fraction of sp³-hybridized carbons (Fsp3) is 0.294. The van der Waals surface area contributed by atoms with Gasteiger partial charge in [-0.15, -0.1) is 0 Å². The van der Waals surface area contributed by atoms with E-state index in [0.29, 0.717) is 29.7 Å². The molecule has 0 atom stereocenters. The van der Waals surface area contributed by atoms with Gasteiger partial charge in [0.15, 0.2) is 0 Å². The third kappa shape index (κ3) is 3.82. The maximum absolute atomic E-state index is 5.85. The summed E-state index contributed by atoms with van der Waals surface area (Å²) in [7, 11) is 0. The monoisotopic (exact) mass is 305 g/mol. The smallest absolute Gasteiger partial charge is 0.142 e. The molecule has 0 amide bonds. The summed E-state index contributed by atoms with van der Waals surface area (Å²) in [6.45, 7) is 7.08. The van der Waals surface area contributed by atoms with Crippen molar-refractivity contribution in [3.05, 3.63) is 52.0 Å². The minimum Gasteiger partial charge on any atom is -0.489 e. The van der Waals surface area contributed by atoms with Gasteiger partial charge in [0.1, 0.15) is 24.7 Å². The van der Waals surface area contributed by atoms with Crippen molar-refractivity contribution in [2.45, 2.75) is 20.8 Å². The van der Waals surface area contributed by atoms with Gasteiger partial charge in [-0.05, 0) is 55.7 Å². The SMILES string of the molecule is Cc1ccc(C)c(OCCOc2ccc(Cl)cc2N)c1C. The van der Waals surface area contributed by atoms with Crippen molar-refractivity contribution >= 4 is 17.3 Å². The zero-order valence-corrected chi connectivity index (χ0v) is 13.3. The van der Waals surface area contributed by atoms with E-state index >= 15 is 0 Å². The molecular formula is C17H20ClNO2. The Labute approximate surface area is 130 Å². The van der Waals surface area contributed by atoms with Gasteiger partial charge in [-0.1, -0.05) is 23.7 Å². The van der Waals surface area contributed by atoms with Crippen LogP contribution >= 0.6 is 11.6 Å². The van der Waals surface area contributed by atoms with Crippen molar-refractivity contribution in [1.29, 1.82) is 0 Å². The number of aryl methyl sites for hydroxylation is 2. The Morgan fingerprint density at radius 3 is 2.33 bits per heavy atom. The number of benzene rings is 2. The molecule has 21 heavy (non-hydrogen) atoms. The number of rotatable bonds is 5. The van der Waals surface area contributed by atoms with Gasteiger partial charge < -0.3 is 15.2 Å². The molecule has 3 nitrogen and oxygen atoms in total. The van der Waals surface area contributed by atoms with E-state index in [1.807, 2.05) is 6.92 Å². The lowest BCUT2D eigenvalue weighted by molar-refractivity contribution is 0.216. The van der Waals surface area contributed by atoms with Crippen molar-refractivity contribution < 1.29 is 9.47 Å². The van der Waals surface area contributed by atoms with Gasteiger partial charge in [0.25, 0.3) is 0 Å². The van der Waals surface area contributed by atoms with Gasteiger partial charge in [0.05, 0.1) is 5.69 Å². The first kappa shape index (κ1) is 15.5. The molecule has 2 aromatic rings. The van der Waals surface area contributed by atoms with E-state index in [4.69, 9.17) is 26.8 Å². The Morgan fingerprint density at radius 1 is 0.952 bits per heavy atom. The Balaban J connectivity index is 1.92. The highest BCUT2D eigenvalue weighted by molar-refractivity contribution is 6.30. The average Bonchev–Trinajstić information content (AvgIpc) is 2.44. The van der Waals surface area contributed by atoms with Crippen LogP contribution < -0.4 is 15.2 Å². The molecule has 0 aliphatic carbocycles. The Hall–Kier alpha value is -1.87. The number of nitrogens with two attached hydrogens (primary N) is 1. The molecule has 0 radical (unpaired) electrons. The molecule has 0 aliphatic heterocycles. The van der Waals surface area contributed by atoms with Gasteiger partial charge in [-0.25, -0.2) is 0 Å². The molecule has 4 heteroatoms. The lowest BCUT2D eigenvalue weighted by Gasteiger charge is -2.15. The molecule has 0 bridgehead atoms. The predicted molar refractivity (Wildman–Crippen MR) is 87.5 cm³/mol. The molecule has 0 fully saturated rings. The maximum atomic E-state index is 5.85. The van der Waals surface area contributed by atoms with Crippen LogP contribution in [-0.2, 0) is 0 Å². The Morgan fingerprint density at radius 2 is 1.62 bits per heavy atom. The van der Waals surface area contributed by atoms with Crippen LogP contribution in [0, 0.1) is 20.8 Å². The van der Waals surface area contributed by atoms with Gasteiger partial charge in [-0.3, -0.25) is 0 Å².